The number of esters is 1. The normalized spacial score (nSPS) is 9.50. The van der Waals surface area contributed by atoms with Crippen molar-refractivity contribution in [3.05, 3.63) is 29.8 Å². The minimum Gasteiger partial charge on any atom is -0.459 e. The highest BCUT2D eigenvalue weighted by molar-refractivity contribution is 5.65. The first-order chi connectivity index (χ1) is 5.68. The topological polar surface area (TPSA) is 39.2 Å². The number of rotatable bonds is 2. The van der Waals surface area contributed by atoms with E-state index >= 15 is 0 Å². The van der Waals surface area contributed by atoms with E-state index in [1.54, 1.807) is 6.07 Å². The average Bonchev–Trinajstić information content (AvgIpc) is 2.01. The third kappa shape index (κ3) is 2.65. The molecule has 1 rings (SSSR count). The van der Waals surface area contributed by atoms with Gasteiger partial charge in [0.05, 0.1) is 5.69 Å². The quantitative estimate of drug-likeness (QED) is 0.494. The summed E-state index contributed by atoms with van der Waals surface area (Å²) in [4.78, 5) is 13.9. The summed E-state index contributed by atoms with van der Waals surface area (Å²) in [5, 5.41) is 0. The van der Waals surface area contributed by atoms with Gasteiger partial charge in [0.1, 0.15) is 6.61 Å². The molecule has 0 saturated carbocycles. The van der Waals surface area contributed by atoms with Crippen LogP contribution in [0.3, 0.4) is 0 Å². The molecule has 0 aliphatic carbocycles. The monoisotopic (exact) mass is 169 g/mol. The number of hydrogen-bond acceptors (Lipinski definition) is 3. The van der Waals surface area contributed by atoms with Crippen molar-refractivity contribution in [3.8, 4) is 0 Å². The lowest BCUT2D eigenvalue weighted by molar-refractivity contribution is -0.142. The number of aromatic nitrogens is 1. The molecule has 0 amide bonds. The van der Waals surface area contributed by atoms with Crippen molar-refractivity contribution >= 4 is 5.97 Å². The highest BCUT2D eigenvalue weighted by Gasteiger charge is 1.98. The third-order valence-corrected chi connectivity index (χ3v) is 1.20. The summed E-state index contributed by atoms with van der Waals surface area (Å²) >= 11 is 0. The molecule has 1 aromatic rings. The Morgan fingerprint density at radius 3 is 3.00 bits per heavy atom. The summed E-state index contributed by atoms with van der Waals surface area (Å²) in [6.45, 7) is 1.31. The zero-order valence-electron chi connectivity index (χ0n) is 6.58. The second kappa shape index (κ2) is 3.80. The van der Waals surface area contributed by atoms with Crippen LogP contribution in [0.4, 0.5) is 4.39 Å². The molecule has 3 nitrogen and oxygen atoms in total. The minimum atomic E-state index is -0.570. The summed E-state index contributed by atoms with van der Waals surface area (Å²) in [6.07, 6.45) is 0. The van der Waals surface area contributed by atoms with Crippen molar-refractivity contribution in [2.45, 2.75) is 13.5 Å². The Morgan fingerprint density at radius 2 is 2.42 bits per heavy atom. The molecule has 0 fully saturated rings. The molecule has 0 N–H and O–H groups in total. The number of ether oxygens (including phenoxy) is 1. The highest BCUT2D eigenvalue weighted by atomic mass is 19.1. The van der Waals surface area contributed by atoms with E-state index in [-0.39, 0.29) is 6.61 Å². The van der Waals surface area contributed by atoms with Crippen molar-refractivity contribution in [2.75, 3.05) is 0 Å². The molecule has 0 radical (unpaired) electrons. The number of nitrogens with zero attached hydrogens (tertiary/aromatic N) is 1. The maximum atomic E-state index is 12.4. The van der Waals surface area contributed by atoms with Gasteiger partial charge in [0, 0.05) is 6.92 Å². The average molecular weight is 169 g/mol. The van der Waals surface area contributed by atoms with E-state index in [1.165, 1.54) is 19.1 Å². The molecule has 0 atom stereocenters. The molecule has 1 aromatic heterocycles. The fourth-order valence-corrected chi connectivity index (χ4v) is 0.706. The molecular formula is C8H8FNO2. The molecule has 1 heterocycles. The summed E-state index contributed by atoms with van der Waals surface area (Å²) in [7, 11) is 0. The Morgan fingerprint density at radius 1 is 1.67 bits per heavy atom. The minimum absolute atomic E-state index is 0.0209. The first-order valence-electron chi connectivity index (χ1n) is 3.43. The van der Waals surface area contributed by atoms with Crippen LogP contribution in [0.2, 0.25) is 0 Å². The Bertz CT molecular complexity index is 288. The van der Waals surface area contributed by atoms with Crippen LogP contribution in [0.1, 0.15) is 12.6 Å². The van der Waals surface area contributed by atoms with Gasteiger partial charge in [-0.1, -0.05) is 6.07 Å². The summed E-state index contributed by atoms with van der Waals surface area (Å²) in [5.74, 6) is -0.972. The van der Waals surface area contributed by atoms with Crippen molar-refractivity contribution in [1.29, 1.82) is 0 Å². The molecule has 64 valence electrons. The lowest BCUT2D eigenvalue weighted by Crippen LogP contribution is -2.01. The Hall–Kier alpha value is -1.45. The standard InChI is InChI=1S/C8H8FNO2/c1-6(11)12-5-7-3-2-4-8(9)10-7/h2-4H,5H2,1H3. The molecule has 0 unspecified atom stereocenters. The predicted molar refractivity (Wildman–Crippen MR) is 39.7 cm³/mol. The molecule has 12 heavy (non-hydrogen) atoms. The van der Waals surface area contributed by atoms with Gasteiger partial charge in [0.2, 0.25) is 5.95 Å². The fraction of sp³-hybridized carbons (Fsp3) is 0.250. The SMILES string of the molecule is CC(=O)OCc1cccc(F)n1. The summed E-state index contributed by atoms with van der Waals surface area (Å²) in [5.41, 5.74) is 0.408. The molecule has 0 aliphatic heterocycles. The zero-order chi connectivity index (χ0) is 8.97. The Kier molecular flexibility index (Phi) is 2.74. The van der Waals surface area contributed by atoms with Crippen LogP contribution in [0.5, 0.6) is 0 Å². The maximum absolute atomic E-state index is 12.4. The van der Waals surface area contributed by atoms with Gasteiger partial charge in [-0.2, -0.15) is 4.39 Å². The predicted octanol–water partition coefficient (Wildman–Crippen LogP) is 1.28. The second-order valence-corrected chi connectivity index (χ2v) is 2.23. The van der Waals surface area contributed by atoms with Crippen LogP contribution in [0, 0.1) is 5.95 Å². The van der Waals surface area contributed by atoms with E-state index in [2.05, 4.69) is 9.72 Å². The molecule has 0 spiro atoms. The number of pyridine rings is 1. The highest BCUT2D eigenvalue weighted by Crippen LogP contribution is 1.99. The Labute approximate surface area is 69.2 Å². The summed E-state index contributed by atoms with van der Waals surface area (Å²) in [6, 6.07) is 4.34. The van der Waals surface area contributed by atoms with Gasteiger partial charge in [-0.05, 0) is 12.1 Å². The number of carbonyl (C=O) groups excluding carboxylic acids is 1. The van der Waals surface area contributed by atoms with Gasteiger partial charge in [-0.25, -0.2) is 4.98 Å². The van der Waals surface area contributed by atoms with Gasteiger partial charge in [0.15, 0.2) is 0 Å². The summed E-state index contributed by atoms with van der Waals surface area (Å²) < 4.78 is 17.1. The van der Waals surface area contributed by atoms with Crippen LogP contribution in [0.15, 0.2) is 18.2 Å². The molecule has 0 aromatic carbocycles. The van der Waals surface area contributed by atoms with Crippen molar-refractivity contribution < 1.29 is 13.9 Å². The van der Waals surface area contributed by atoms with E-state index in [0.717, 1.165) is 0 Å². The first-order valence-corrected chi connectivity index (χ1v) is 3.43. The van der Waals surface area contributed by atoms with Crippen molar-refractivity contribution in [2.24, 2.45) is 0 Å². The number of carbonyl (C=O) groups is 1. The fourth-order valence-electron chi connectivity index (χ4n) is 0.706. The van der Waals surface area contributed by atoms with E-state index in [1.807, 2.05) is 0 Å². The first kappa shape index (κ1) is 8.64. The van der Waals surface area contributed by atoms with E-state index in [9.17, 15) is 9.18 Å². The van der Waals surface area contributed by atoms with Gasteiger partial charge in [0.25, 0.3) is 0 Å². The van der Waals surface area contributed by atoms with Gasteiger partial charge in [-0.15, -0.1) is 0 Å². The van der Waals surface area contributed by atoms with Crippen LogP contribution in [-0.4, -0.2) is 11.0 Å². The van der Waals surface area contributed by atoms with Crippen LogP contribution < -0.4 is 0 Å². The second-order valence-electron chi connectivity index (χ2n) is 2.23. The molecule has 4 heteroatoms. The van der Waals surface area contributed by atoms with Gasteiger partial charge < -0.3 is 4.74 Å². The molecule has 0 aliphatic rings. The van der Waals surface area contributed by atoms with Crippen LogP contribution >= 0.6 is 0 Å². The van der Waals surface area contributed by atoms with E-state index in [0.29, 0.717) is 5.69 Å². The largest absolute Gasteiger partial charge is 0.459 e. The lowest BCUT2D eigenvalue weighted by Gasteiger charge is -1.99. The molecular weight excluding hydrogens is 161 g/mol. The zero-order valence-corrected chi connectivity index (χ0v) is 6.58. The smallest absolute Gasteiger partial charge is 0.303 e. The van der Waals surface area contributed by atoms with Crippen molar-refractivity contribution in [1.82, 2.24) is 4.98 Å². The van der Waals surface area contributed by atoms with E-state index < -0.39 is 11.9 Å². The molecule has 0 bridgehead atoms. The number of hydrogen-bond donors (Lipinski definition) is 0. The third-order valence-electron chi connectivity index (χ3n) is 1.20. The Balaban J connectivity index is 2.57. The van der Waals surface area contributed by atoms with Crippen LogP contribution in [-0.2, 0) is 16.1 Å². The lowest BCUT2D eigenvalue weighted by atomic mass is 10.4. The van der Waals surface area contributed by atoms with Gasteiger partial charge >= 0.3 is 5.97 Å². The van der Waals surface area contributed by atoms with Crippen molar-refractivity contribution in [3.63, 3.8) is 0 Å². The maximum Gasteiger partial charge on any atom is 0.303 e. The van der Waals surface area contributed by atoms with E-state index in [4.69, 9.17) is 0 Å². The van der Waals surface area contributed by atoms with Crippen LogP contribution in [0.25, 0.3) is 0 Å². The number of halogens is 1. The molecule has 0 saturated heterocycles. The van der Waals surface area contributed by atoms with Gasteiger partial charge in [-0.3, -0.25) is 4.79 Å².